The Kier molecular flexibility index (Phi) is 5.21. The summed E-state index contributed by atoms with van der Waals surface area (Å²) in [5.41, 5.74) is -0.573. The first-order chi connectivity index (χ1) is 12.2. The molecule has 13 heteroatoms. The van der Waals surface area contributed by atoms with Crippen molar-refractivity contribution in [2.24, 2.45) is 0 Å². The van der Waals surface area contributed by atoms with Crippen LogP contribution in [0.25, 0.3) is 0 Å². The first kappa shape index (κ1) is 18.9. The van der Waals surface area contributed by atoms with Gasteiger partial charge in [-0.3, -0.25) is 10.1 Å². The Morgan fingerprint density at radius 3 is 2.62 bits per heavy atom. The SMILES string of the molecule is COc1cc(C)[n+]([O-])c(NC(=O)NS(=O)(=O)c2ccccc2[N+](=O)[O-])n1. The van der Waals surface area contributed by atoms with Gasteiger partial charge in [-0.05, 0) is 18.0 Å². The zero-order chi connectivity index (χ0) is 19.5. The number of anilines is 1. The van der Waals surface area contributed by atoms with E-state index in [2.05, 4.69) is 4.98 Å². The van der Waals surface area contributed by atoms with Crippen molar-refractivity contribution in [3.63, 3.8) is 0 Å². The number of rotatable bonds is 5. The lowest BCUT2D eigenvalue weighted by molar-refractivity contribution is -0.599. The van der Waals surface area contributed by atoms with Crippen LogP contribution < -0.4 is 19.5 Å². The van der Waals surface area contributed by atoms with Crippen LogP contribution in [0.1, 0.15) is 5.69 Å². The number of carbonyl (C=O) groups is 1. The van der Waals surface area contributed by atoms with Crippen LogP contribution in [-0.2, 0) is 10.0 Å². The fourth-order valence-electron chi connectivity index (χ4n) is 1.91. The van der Waals surface area contributed by atoms with E-state index in [0.29, 0.717) is 0 Å². The third-order valence-electron chi connectivity index (χ3n) is 3.07. The highest BCUT2D eigenvalue weighted by Crippen LogP contribution is 2.22. The predicted molar refractivity (Wildman–Crippen MR) is 86.9 cm³/mol. The molecule has 2 amide bonds. The molecule has 0 bridgehead atoms. The van der Waals surface area contributed by atoms with Gasteiger partial charge in [-0.1, -0.05) is 12.1 Å². The van der Waals surface area contributed by atoms with Gasteiger partial charge in [-0.15, -0.1) is 0 Å². The number of hydrogen-bond acceptors (Lipinski definition) is 8. The van der Waals surface area contributed by atoms with E-state index in [0.717, 1.165) is 12.1 Å². The van der Waals surface area contributed by atoms with Crippen LogP contribution in [0.5, 0.6) is 5.88 Å². The summed E-state index contributed by atoms with van der Waals surface area (Å²) < 4.78 is 31.1. The number of hydrogen-bond donors (Lipinski definition) is 2. The van der Waals surface area contributed by atoms with E-state index in [1.807, 2.05) is 5.32 Å². The molecule has 2 rings (SSSR count). The molecule has 138 valence electrons. The van der Waals surface area contributed by atoms with Crippen molar-refractivity contribution in [2.45, 2.75) is 11.8 Å². The maximum absolute atomic E-state index is 12.2. The summed E-state index contributed by atoms with van der Waals surface area (Å²) in [5, 5.41) is 24.8. The lowest BCUT2D eigenvalue weighted by Gasteiger charge is -2.12. The number of methoxy groups -OCH3 is 1. The molecule has 1 aromatic heterocycles. The summed E-state index contributed by atoms with van der Waals surface area (Å²) in [6.07, 6.45) is 0. The maximum Gasteiger partial charge on any atom is 0.404 e. The number of amides is 2. The van der Waals surface area contributed by atoms with Crippen molar-refractivity contribution < 1.29 is 27.6 Å². The number of nitrogens with zero attached hydrogens (tertiary/aromatic N) is 3. The molecular weight excluding hydrogens is 370 g/mol. The second-order valence-corrected chi connectivity index (χ2v) is 6.49. The molecule has 1 heterocycles. The number of carbonyl (C=O) groups excluding carboxylic acids is 1. The van der Waals surface area contributed by atoms with Gasteiger partial charge >= 0.3 is 12.0 Å². The molecule has 0 spiro atoms. The van der Waals surface area contributed by atoms with E-state index < -0.39 is 37.5 Å². The smallest absolute Gasteiger partial charge is 0.404 e. The van der Waals surface area contributed by atoms with Gasteiger partial charge in [-0.25, -0.2) is 22.7 Å². The highest BCUT2D eigenvalue weighted by atomic mass is 32.2. The Morgan fingerprint density at radius 2 is 2.00 bits per heavy atom. The molecule has 1 aromatic carbocycles. The van der Waals surface area contributed by atoms with E-state index in [4.69, 9.17) is 4.74 Å². The average molecular weight is 383 g/mol. The van der Waals surface area contributed by atoms with Crippen LogP contribution in [0.15, 0.2) is 35.2 Å². The molecule has 0 aliphatic heterocycles. The van der Waals surface area contributed by atoms with Gasteiger partial charge in [0.25, 0.3) is 21.6 Å². The third-order valence-corrected chi connectivity index (χ3v) is 4.45. The fourth-order valence-corrected chi connectivity index (χ4v) is 2.99. The highest BCUT2D eigenvalue weighted by Gasteiger charge is 2.28. The molecule has 2 N–H and O–H groups in total. The Balaban J connectivity index is 2.28. The summed E-state index contributed by atoms with van der Waals surface area (Å²) in [6, 6.07) is 4.46. The Labute approximate surface area is 147 Å². The zero-order valence-corrected chi connectivity index (χ0v) is 14.3. The van der Waals surface area contributed by atoms with E-state index in [9.17, 15) is 28.5 Å². The number of nitro benzene ring substituents is 1. The van der Waals surface area contributed by atoms with Gasteiger partial charge in [0.1, 0.15) is 0 Å². The zero-order valence-electron chi connectivity index (χ0n) is 13.5. The number of aromatic nitrogens is 2. The third kappa shape index (κ3) is 3.94. The molecule has 12 nitrogen and oxygen atoms in total. The standard InChI is InChI=1S/C13H13N5O7S/c1-8-7-11(25-2)14-12(17(8)20)15-13(19)16-26(23,24)10-6-4-3-5-9(10)18(21)22/h3-7H,1-2H3,(H2,14,15,16,19). The molecule has 26 heavy (non-hydrogen) atoms. The van der Waals surface area contributed by atoms with Crippen LogP contribution in [0.4, 0.5) is 16.4 Å². The summed E-state index contributed by atoms with van der Waals surface area (Å²) in [4.78, 5) is 25.0. The summed E-state index contributed by atoms with van der Waals surface area (Å²) in [6.45, 7) is 1.42. The number of sulfonamides is 1. The number of benzene rings is 1. The van der Waals surface area contributed by atoms with Crippen LogP contribution in [0.3, 0.4) is 0 Å². The minimum Gasteiger partial charge on any atom is -0.740 e. The molecule has 2 aromatic rings. The lowest BCUT2D eigenvalue weighted by atomic mass is 10.3. The molecule has 0 fully saturated rings. The minimum absolute atomic E-state index is 0.0199. The van der Waals surface area contributed by atoms with Crippen molar-refractivity contribution in [2.75, 3.05) is 12.4 Å². The topological polar surface area (TPSA) is 167 Å². The van der Waals surface area contributed by atoms with Crippen molar-refractivity contribution in [1.82, 2.24) is 9.71 Å². The van der Waals surface area contributed by atoms with Gasteiger partial charge in [0.05, 0.1) is 23.8 Å². The lowest BCUT2D eigenvalue weighted by Crippen LogP contribution is -2.41. The quantitative estimate of drug-likeness (QED) is 0.325. The molecule has 0 saturated heterocycles. The van der Waals surface area contributed by atoms with Crippen molar-refractivity contribution in [3.8, 4) is 5.88 Å². The molecule has 0 aliphatic carbocycles. The van der Waals surface area contributed by atoms with E-state index in [1.54, 1.807) is 4.72 Å². The number of nitro groups is 1. The largest absolute Gasteiger partial charge is 0.740 e. The molecule has 0 saturated carbocycles. The van der Waals surface area contributed by atoms with Crippen molar-refractivity contribution in [3.05, 3.63) is 51.3 Å². The Morgan fingerprint density at radius 1 is 1.35 bits per heavy atom. The Hall–Kier alpha value is -3.48. The molecule has 0 radical (unpaired) electrons. The van der Waals surface area contributed by atoms with Gasteiger partial charge in [0.2, 0.25) is 0 Å². The number of urea groups is 1. The number of ether oxygens (including phenoxy) is 1. The first-order valence-electron chi connectivity index (χ1n) is 6.88. The van der Waals surface area contributed by atoms with Crippen LogP contribution in [0.2, 0.25) is 0 Å². The molecule has 0 atom stereocenters. The predicted octanol–water partition coefficient (Wildman–Crippen LogP) is 0.451. The molecule has 0 unspecified atom stereocenters. The van der Waals surface area contributed by atoms with E-state index >= 15 is 0 Å². The minimum atomic E-state index is -4.57. The number of nitrogens with one attached hydrogen (secondary N) is 2. The van der Waals surface area contributed by atoms with E-state index in [1.165, 1.54) is 32.2 Å². The first-order valence-corrected chi connectivity index (χ1v) is 8.36. The maximum atomic E-state index is 12.2. The molecule has 0 aliphatic rings. The summed E-state index contributed by atoms with van der Waals surface area (Å²) in [7, 11) is -3.28. The average Bonchev–Trinajstić information content (AvgIpc) is 2.58. The second-order valence-electron chi connectivity index (χ2n) is 4.84. The fraction of sp³-hybridized carbons (Fsp3) is 0.154. The van der Waals surface area contributed by atoms with Crippen molar-refractivity contribution >= 4 is 27.7 Å². The Bertz CT molecular complexity index is 977. The van der Waals surface area contributed by atoms with Gasteiger partial charge < -0.3 is 9.94 Å². The second kappa shape index (κ2) is 7.18. The summed E-state index contributed by atoms with van der Waals surface area (Å²) >= 11 is 0. The van der Waals surface area contributed by atoms with Gasteiger partial charge in [-0.2, -0.15) is 5.32 Å². The molecular formula is C13H13N5O7S. The monoisotopic (exact) mass is 383 g/mol. The number of para-hydroxylation sites is 1. The summed E-state index contributed by atoms with van der Waals surface area (Å²) in [5.74, 6) is -0.511. The highest BCUT2D eigenvalue weighted by molar-refractivity contribution is 7.90. The van der Waals surface area contributed by atoms with Crippen LogP contribution >= 0.6 is 0 Å². The normalized spacial score (nSPS) is 10.8. The van der Waals surface area contributed by atoms with E-state index in [-0.39, 0.29) is 16.3 Å². The van der Waals surface area contributed by atoms with Gasteiger partial charge in [0, 0.05) is 6.07 Å². The van der Waals surface area contributed by atoms with Crippen molar-refractivity contribution in [1.29, 1.82) is 0 Å². The van der Waals surface area contributed by atoms with Gasteiger partial charge in [0.15, 0.2) is 4.90 Å². The number of aryl methyl sites for hydroxylation is 1. The van der Waals surface area contributed by atoms with Crippen LogP contribution in [-0.4, -0.2) is 31.5 Å². The van der Waals surface area contributed by atoms with Crippen LogP contribution in [0, 0.1) is 22.2 Å².